The summed E-state index contributed by atoms with van der Waals surface area (Å²) in [5, 5.41) is 22.4. The highest BCUT2D eigenvalue weighted by Crippen LogP contribution is 2.14. The zero-order valence-corrected chi connectivity index (χ0v) is 9.39. The summed E-state index contributed by atoms with van der Waals surface area (Å²) in [6.07, 6.45) is 2.23. The first-order valence-electron chi connectivity index (χ1n) is 5.30. The minimum Gasteiger partial charge on any atom is -0.829 e. The molecule has 1 aromatic carbocycles. The van der Waals surface area contributed by atoms with E-state index in [9.17, 15) is 15.2 Å². The summed E-state index contributed by atoms with van der Waals surface area (Å²) in [6, 6.07) is 10.9. The van der Waals surface area contributed by atoms with Gasteiger partial charge in [0.1, 0.15) is 0 Å². The van der Waals surface area contributed by atoms with Crippen LogP contribution in [0.5, 0.6) is 0 Å². The van der Waals surface area contributed by atoms with Crippen LogP contribution in [0.25, 0.3) is 0 Å². The van der Waals surface area contributed by atoms with Crippen LogP contribution in [0.4, 0.5) is 5.69 Å². The number of nitrogens with zero attached hydrogens (tertiary/aromatic N) is 2. The number of aromatic nitrogens is 1. The van der Waals surface area contributed by atoms with Crippen LogP contribution in [0.1, 0.15) is 11.8 Å². The van der Waals surface area contributed by atoms with Crippen LogP contribution >= 0.6 is 0 Å². The van der Waals surface area contributed by atoms with Crippen molar-refractivity contribution in [2.75, 3.05) is 5.43 Å². The Bertz CT molecular complexity index is 528. The lowest BCUT2D eigenvalue weighted by Crippen LogP contribution is -2.49. The number of benzene rings is 1. The highest BCUT2D eigenvalue weighted by molar-refractivity contribution is 5.33. The fourth-order valence-corrected chi connectivity index (χ4v) is 1.47. The third kappa shape index (κ3) is 2.80. The van der Waals surface area contributed by atoms with Crippen molar-refractivity contribution in [3.8, 4) is 0 Å². The van der Waals surface area contributed by atoms with Crippen molar-refractivity contribution in [3.05, 3.63) is 70.5 Å². The Balaban J connectivity index is 2.09. The van der Waals surface area contributed by atoms with Crippen molar-refractivity contribution in [1.29, 1.82) is 0 Å². The molecule has 0 saturated heterocycles. The highest BCUT2D eigenvalue weighted by Gasteiger charge is 2.07. The molecule has 92 valence electrons. The molecule has 0 amide bonds. The smallest absolute Gasteiger partial charge is 0.269 e. The average Bonchev–Trinajstić information content (AvgIpc) is 2.40. The van der Waals surface area contributed by atoms with Crippen molar-refractivity contribution in [2.24, 2.45) is 0 Å². The third-order valence-corrected chi connectivity index (χ3v) is 2.39. The Labute approximate surface area is 103 Å². The molecule has 1 aromatic heterocycles. The molecule has 0 aliphatic heterocycles. The van der Waals surface area contributed by atoms with E-state index in [0.717, 1.165) is 0 Å². The second kappa shape index (κ2) is 5.24. The number of nitrogens with one attached hydrogen (secondary N) is 1. The van der Waals surface area contributed by atoms with Crippen LogP contribution in [0, 0.1) is 10.1 Å². The average molecular weight is 245 g/mol. The third-order valence-electron chi connectivity index (χ3n) is 2.39. The monoisotopic (exact) mass is 245 g/mol. The summed E-state index contributed by atoms with van der Waals surface area (Å²) in [7, 11) is 0. The van der Waals surface area contributed by atoms with Gasteiger partial charge in [-0.2, -0.15) is 0 Å². The molecule has 1 heterocycles. The van der Waals surface area contributed by atoms with E-state index in [1.807, 2.05) is 6.07 Å². The zero-order chi connectivity index (χ0) is 13.0. The first-order valence-corrected chi connectivity index (χ1v) is 5.30. The summed E-state index contributed by atoms with van der Waals surface area (Å²) in [6.45, 7) is 0. The van der Waals surface area contributed by atoms with E-state index in [-0.39, 0.29) is 5.69 Å². The van der Waals surface area contributed by atoms with Crippen LogP contribution in [0.3, 0.4) is 0 Å². The van der Waals surface area contributed by atoms with Gasteiger partial charge >= 0.3 is 0 Å². The normalized spacial score (nSPS) is 11.8. The maximum absolute atomic E-state index is 11.9. The van der Waals surface area contributed by atoms with Gasteiger partial charge in [-0.15, -0.1) is 0 Å². The van der Waals surface area contributed by atoms with Gasteiger partial charge in [-0.25, -0.2) is 5.43 Å². The van der Waals surface area contributed by atoms with Crippen LogP contribution in [-0.4, -0.2) is 4.92 Å². The molecule has 0 aliphatic carbocycles. The van der Waals surface area contributed by atoms with E-state index < -0.39 is 11.2 Å². The lowest BCUT2D eigenvalue weighted by molar-refractivity contribution is -0.677. The molecule has 0 aliphatic rings. The highest BCUT2D eigenvalue weighted by atomic mass is 16.6. The molecular formula is C12H11N3O3. The first kappa shape index (κ1) is 12.0. The summed E-state index contributed by atoms with van der Waals surface area (Å²) in [5.74, 6) is 0. The second-order valence-electron chi connectivity index (χ2n) is 3.64. The topological polar surface area (TPSA) is 82.1 Å². The Morgan fingerprint density at radius 3 is 2.28 bits per heavy atom. The minimum atomic E-state index is -1.18. The zero-order valence-electron chi connectivity index (χ0n) is 9.39. The van der Waals surface area contributed by atoms with Crippen molar-refractivity contribution in [2.45, 2.75) is 6.23 Å². The SMILES string of the molecule is O=[N+]([O-])c1ccc(C([O-])N[n+]2ccccc2)cc1. The number of non-ortho nitro benzene ring substituents is 1. The molecule has 0 spiro atoms. The van der Waals surface area contributed by atoms with E-state index in [0.29, 0.717) is 5.56 Å². The molecule has 2 aromatic rings. The second-order valence-corrected chi connectivity index (χ2v) is 3.64. The molecule has 0 radical (unpaired) electrons. The van der Waals surface area contributed by atoms with Gasteiger partial charge in [0.2, 0.25) is 0 Å². The summed E-state index contributed by atoms with van der Waals surface area (Å²) >= 11 is 0. The molecule has 6 nitrogen and oxygen atoms in total. The maximum Gasteiger partial charge on any atom is 0.269 e. The Morgan fingerprint density at radius 1 is 1.11 bits per heavy atom. The van der Waals surface area contributed by atoms with Gasteiger partial charge in [0, 0.05) is 30.5 Å². The molecule has 0 fully saturated rings. The standard InChI is InChI=1S/C12H11N3O3/c16-12(13-14-8-2-1-3-9-14)10-4-6-11(7-5-10)15(17)18/h1-9,12-13H. The number of nitro groups is 1. The number of rotatable bonds is 4. The number of nitro benzene ring substituents is 1. The number of hydrogen-bond donors (Lipinski definition) is 1. The van der Waals surface area contributed by atoms with Crippen LogP contribution in [0.15, 0.2) is 54.9 Å². The van der Waals surface area contributed by atoms with Crippen LogP contribution in [-0.2, 0) is 0 Å². The van der Waals surface area contributed by atoms with Gasteiger partial charge in [-0.05, 0) is 5.56 Å². The van der Waals surface area contributed by atoms with Gasteiger partial charge in [0.25, 0.3) is 5.69 Å². The molecule has 0 bridgehead atoms. The molecule has 1 unspecified atom stereocenters. The molecular weight excluding hydrogens is 234 g/mol. The van der Waals surface area contributed by atoms with Gasteiger partial charge < -0.3 is 5.11 Å². The predicted octanol–water partition coefficient (Wildman–Crippen LogP) is 0.485. The molecule has 6 heteroatoms. The first-order chi connectivity index (χ1) is 8.66. The maximum atomic E-state index is 11.9. The fourth-order valence-electron chi connectivity index (χ4n) is 1.47. The molecule has 1 N–H and O–H groups in total. The quantitative estimate of drug-likeness (QED) is 0.368. The fraction of sp³-hybridized carbons (Fsp3) is 0.0833. The lowest BCUT2D eigenvalue weighted by Gasteiger charge is -2.20. The van der Waals surface area contributed by atoms with E-state index in [2.05, 4.69) is 5.43 Å². The van der Waals surface area contributed by atoms with Gasteiger partial charge in [0.15, 0.2) is 12.4 Å². The lowest BCUT2D eigenvalue weighted by atomic mass is 10.2. The number of pyridine rings is 1. The molecule has 18 heavy (non-hydrogen) atoms. The van der Waals surface area contributed by atoms with E-state index in [1.54, 1.807) is 29.2 Å². The van der Waals surface area contributed by atoms with Crippen LogP contribution < -0.4 is 15.2 Å². The summed E-state index contributed by atoms with van der Waals surface area (Å²) < 4.78 is 1.54. The minimum absolute atomic E-state index is 0.0293. The van der Waals surface area contributed by atoms with Crippen molar-refractivity contribution >= 4 is 5.69 Å². The van der Waals surface area contributed by atoms with E-state index in [4.69, 9.17) is 0 Å². The van der Waals surface area contributed by atoms with Crippen molar-refractivity contribution < 1.29 is 14.7 Å². The van der Waals surface area contributed by atoms with E-state index in [1.165, 1.54) is 24.3 Å². The summed E-state index contributed by atoms with van der Waals surface area (Å²) in [4.78, 5) is 9.98. The number of hydrogen-bond acceptors (Lipinski definition) is 4. The Morgan fingerprint density at radius 2 is 1.72 bits per heavy atom. The Hall–Kier alpha value is -2.47. The Kier molecular flexibility index (Phi) is 3.49. The van der Waals surface area contributed by atoms with Gasteiger partial charge in [-0.1, -0.05) is 22.9 Å². The molecule has 0 saturated carbocycles. The predicted molar refractivity (Wildman–Crippen MR) is 61.8 cm³/mol. The summed E-state index contributed by atoms with van der Waals surface area (Å²) in [5.41, 5.74) is 3.11. The van der Waals surface area contributed by atoms with E-state index >= 15 is 0 Å². The molecule has 2 rings (SSSR count). The molecule has 1 atom stereocenters. The van der Waals surface area contributed by atoms with Gasteiger partial charge in [0.05, 0.1) is 4.92 Å². The van der Waals surface area contributed by atoms with Crippen molar-refractivity contribution in [1.82, 2.24) is 0 Å². The van der Waals surface area contributed by atoms with Crippen LogP contribution in [0.2, 0.25) is 0 Å². The largest absolute Gasteiger partial charge is 0.829 e. The van der Waals surface area contributed by atoms with Crippen molar-refractivity contribution in [3.63, 3.8) is 0 Å². The van der Waals surface area contributed by atoms with Gasteiger partial charge in [-0.3, -0.25) is 10.1 Å².